The maximum Gasteiger partial charge on any atom is -0.0353 e. The van der Waals surface area contributed by atoms with Crippen LogP contribution >= 0.6 is 0 Å². The van der Waals surface area contributed by atoms with Crippen LogP contribution in [0.25, 0.3) is 0 Å². The van der Waals surface area contributed by atoms with Gasteiger partial charge in [0.1, 0.15) is 0 Å². The van der Waals surface area contributed by atoms with Crippen LogP contribution in [0.2, 0.25) is 0 Å². The molecule has 0 aromatic carbocycles. The normalized spacial score (nSPS) is 13.4. The Kier molecular flexibility index (Phi) is 7.52. The highest BCUT2D eigenvalue weighted by molar-refractivity contribution is 4.79. The van der Waals surface area contributed by atoms with Gasteiger partial charge in [0.15, 0.2) is 0 Å². The van der Waals surface area contributed by atoms with E-state index < -0.39 is 0 Å². The Morgan fingerprint density at radius 2 is 2.00 bits per heavy atom. The molecule has 0 bridgehead atoms. The van der Waals surface area contributed by atoms with E-state index in [-0.39, 0.29) is 0 Å². The molecule has 0 heterocycles. The van der Waals surface area contributed by atoms with Crippen LogP contribution in [0.1, 0.15) is 32.1 Å². The monoisotopic (exact) mass is 124 g/mol. The summed E-state index contributed by atoms with van der Waals surface area (Å²) in [4.78, 5) is 0. The van der Waals surface area contributed by atoms with Gasteiger partial charge in [0.2, 0.25) is 0 Å². The second-order valence-electron chi connectivity index (χ2n) is 2.15. The van der Waals surface area contributed by atoms with Crippen molar-refractivity contribution in [3.63, 3.8) is 0 Å². The summed E-state index contributed by atoms with van der Waals surface area (Å²) in [6.07, 6.45) is 10.3. The lowest BCUT2D eigenvalue weighted by atomic mass is 10.3. The molecular formula is C9H16. The lowest BCUT2D eigenvalue weighted by molar-refractivity contribution is 0.867. The van der Waals surface area contributed by atoms with Crippen LogP contribution in [-0.4, -0.2) is 0 Å². The van der Waals surface area contributed by atoms with Crippen molar-refractivity contribution in [2.45, 2.75) is 32.1 Å². The van der Waals surface area contributed by atoms with E-state index in [1.165, 1.54) is 19.3 Å². The highest BCUT2D eigenvalue weighted by atomic mass is 14.0. The molecule has 0 unspecified atom stereocenters. The topological polar surface area (TPSA) is 0 Å². The first-order chi connectivity index (χ1) is 4.41. The van der Waals surface area contributed by atoms with E-state index in [4.69, 9.17) is 0 Å². The molecule has 1 aliphatic rings. The minimum Gasteiger partial charge on any atom is -0.103 e. The summed E-state index contributed by atoms with van der Waals surface area (Å²) in [5.74, 6) is 0. The lowest BCUT2D eigenvalue weighted by Crippen LogP contribution is -1.62. The maximum atomic E-state index is 3.68. The van der Waals surface area contributed by atoms with Crippen LogP contribution in [0.5, 0.6) is 0 Å². The summed E-state index contributed by atoms with van der Waals surface area (Å²) >= 11 is 0. The predicted molar refractivity (Wildman–Crippen MR) is 42.9 cm³/mol. The summed E-state index contributed by atoms with van der Waals surface area (Å²) in [5, 5.41) is 0. The van der Waals surface area contributed by atoms with Crippen LogP contribution in [0.4, 0.5) is 0 Å². The van der Waals surface area contributed by atoms with E-state index in [0.29, 0.717) is 0 Å². The smallest absolute Gasteiger partial charge is 0.0353 e. The molecule has 0 heteroatoms. The molecule has 0 aliphatic heterocycles. The number of rotatable bonds is 3. The third-order valence-corrected chi connectivity index (χ3v) is 0.947. The zero-order chi connectivity index (χ0) is 6.95. The Morgan fingerprint density at radius 1 is 1.44 bits per heavy atom. The minimum absolute atomic E-state index is 1.03. The van der Waals surface area contributed by atoms with Gasteiger partial charge in [-0.05, 0) is 32.1 Å². The van der Waals surface area contributed by atoms with Gasteiger partial charge in [-0.3, -0.25) is 0 Å². The summed E-state index contributed by atoms with van der Waals surface area (Å²) in [5.41, 5.74) is 0. The Balaban J connectivity index is 0.000000173. The SMILES string of the molecule is [CH2]CCCC=C.[CH]1CC1. The van der Waals surface area contributed by atoms with E-state index >= 15 is 0 Å². The van der Waals surface area contributed by atoms with E-state index in [9.17, 15) is 0 Å². The number of hydrogen-bond acceptors (Lipinski definition) is 0. The van der Waals surface area contributed by atoms with Gasteiger partial charge < -0.3 is 0 Å². The molecule has 1 aliphatic carbocycles. The molecule has 0 atom stereocenters. The highest BCUT2D eigenvalue weighted by Crippen LogP contribution is 2.12. The molecule has 0 saturated heterocycles. The van der Waals surface area contributed by atoms with Gasteiger partial charge in [0, 0.05) is 0 Å². The first kappa shape index (κ1) is 8.74. The molecule has 9 heavy (non-hydrogen) atoms. The van der Waals surface area contributed by atoms with E-state index in [1.54, 1.807) is 0 Å². The first-order valence-corrected chi connectivity index (χ1v) is 3.63. The average Bonchev–Trinajstić information content (AvgIpc) is 2.67. The van der Waals surface area contributed by atoms with Crippen LogP contribution in [0.15, 0.2) is 12.7 Å². The maximum absolute atomic E-state index is 3.68. The van der Waals surface area contributed by atoms with Gasteiger partial charge >= 0.3 is 0 Å². The molecule has 0 N–H and O–H groups in total. The van der Waals surface area contributed by atoms with Crippen molar-refractivity contribution >= 4 is 0 Å². The van der Waals surface area contributed by atoms with Gasteiger partial charge in [-0.2, -0.15) is 0 Å². The summed E-state index contributed by atoms with van der Waals surface area (Å²) in [6, 6.07) is 0. The molecule has 0 amide bonds. The largest absolute Gasteiger partial charge is 0.103 e. The molecule has 1 saturated carbocycles. The van der Waals surface area contributed by atoms with Crippen LogP contribution in [0, 0.1) is 13.3 Å². The minimum atomic E-state index is 1.03. The van der Waals surface area contributed by atoms with Crippen molar-refractivity contribution in [3.8, 4) is 0 Å². The van der Waals surface area contributed by atoms with Gasteiger partial charge in [-0.1, -0.05) is 19.4 Å². The number of allylic oxidation sites excluding steroid dienone is 1. The van der Waals surface area contributed by atoms with Crippen molar-refractivity contribution in [1.29, 1.82) is 0 Å². The third kappa shape index (κ3) is 18.2. The van der Waals surface area contributed by atoms with E-state index in [2.05, 4.69) is 19.9 Å². The van der Waals surface area contributed by atoms with Crippen molar-refractivity contribution in [1.82, 2.24) is 0 Å². The molecule has 0 spiro atoms. The zero-order valence-corrected chi connectivity index (χ0v) is 6.10. The molecule has 0 nitrogen and oxygen atoms in total. The molecule has 52 valence electrons. The van der Waals surface area contributed by atoms with Gasteiger partial charge in [0.25, 0.3) is 0 Å². The van der Waals surface area contributed by atoms with Gasteiger partial charge in [-0.15, -0.1) is 6.58 Å². The third-order valence-electron chi connectivity index (χ3n) is 0.947. The van der Waals surface area contributed by atoms with Crippen LogP contribution in [-0.2, 0) is 0 Å². The summed E-state index contributed by atoms with van der Waals surface area (Å²) in [7, 11) is 0. The number of hydrogen-bond donors (Lipinski definition) is 0. The quantitative estimate of drug-likeness (QED) is 0.400. The van der Waals surface area contributed by atoms with Crippen molar-refractivity contribution < 1.29 is 0 Å². The average molecular weight is 124 g/mol. The lowest BCUT2D eigenvalue weighted by Gasteiger charge is -1.81. The standard InChI is InChI=1S/C6H11.C3H5/c1-3-5-6-4-2;1-2-3-1/h3H,1-2,4-6H2;1H,2-3H2. The fourth-order valence-corrected chi connectivity index (χ4v) is 0.289. The Labute approximate surface area is 59.0 Å². The summed E-state index contributed by atoms with van der Waals surface area (Å²) in [6.45, 7) is 7.25. The molecule has 1 rings (SSSR count). The van der Waals surface area contributed by atoms with Crippen LogP contribution < -0.4 is 0 Å². The fourth-order valence-electron chi connectivity index (χ4n) is 0.289. The molecular weight excluding hydrogens is 108 g/mol. The molecule has 0 aromatic rings. The first-order valence-electron chi connectivity index (χ1n) is 3.63. The summed E-state index contributed by atoms with van der Waals surface area (Å²) < 4.78 is 0. The van der Waals surface area contributed by atoms with Gasteiger partial charge in [0.05, 0.1) is 0 Å². The second kappa shape index (κ2) is 7.74. The van der Waals surface area contributed by atoms with Crippen molar-refractivity contribution in [2.24, 2.45) is 0 Å². The predicted octanol–water partition coefficient (Wildman–Crippen LogP) is 3.16. The molecule has 0 aromatic heterocycles. The second-order valence-corrected chi connectivity index (χ2v) is 2.15. The van der Waals surface area contributed by atoms with E-state index in [1.807, 2.05) is 6.08 Å². The van der Waals surface area contributed by atoms with Crippen molar-refractivity contribution in [2.75, 3.05) is 0 Å². The Morgan fingerprint density at radius 3 is 2.11 bits per heavy atom. The van der Waals surface area contributed by atoms with Crippen LogP contribution in [0.3, 0.4) is 0 Å². The van der Waals surface area contributed by atoms with E-state index in [0.717, 1.165) is 12.8 Å². The molecule has 2 radical (unpaired) electrons. The van der Waals surface area contributed by atoms with Crippen molar-refractivity contribution in [3.05, 3.63) is 26.0 Å². The fraction of sp³-hybridized carbons (Fsp3) is 0.556. The zero-order valence-electron chi connectivity index (χ0n) is 6.10. The number of unbranched alkanes of at least 4 members (excludes halogenated alkanes) is 2. The van der Waals surface area contributed by atoms with Gasteiger partial charge in [-0.25, -0.2) is 0 Å². The highest BCUT2D eigenvalue weighted by Gasteiger charge is 1.95. The molecule has 1 fully saturated rings. The Bertz CT molecular complexity index is 50.3. The Hall–Kier alpha value is -0.260.